The zero-order chi connectivity index (χ0) is 19.9. The fourth-order valence-electron chi connectivity index (χ4n) is 2.37. The Morgan fingerprint density at radius 1 is 1.18 bits per heavy atom. The zero-order valence-corrected chi connectivity index (χ0v) is 16.4. The maximum atomic E-state index is 12.2. The van der Waals surface area contributed by atoms with Crippen molar-refractivity contribution in [2.45, 2.75) is 18.7 Å². The van der Waals surface area contributed by atoms with Gasteiger partial charge in [0.05, 0.1) is 12.9 Å². The molecule has 0 saturated carbocycles. The number of nitrogens with two attached hydrogens (primary N) is 1. The Balaban J connectivity index is 1.54. The highest BCUT2D eigenvalue weighted by Crippen LogP contribution is 2.21. The first-order chi connectivity index (χ1) is 13.6. The molecule has 3 rings (SSSR count). The number of anilines is 1. The number of nitrogens with zero attached hydrogens (tertiary/aromatic N) is 3. The molecule has 0 aliphatic rings. The molecule has 146 valence electrons. The van der Waals surface area contributed by atoms with E-state index in [2.05, 4.69) is 15.5 Å². The van der Waals surface area contributed by atoms with E-state index in [9.17, 15) is 4.79 Å². The van der Waals surface area contributed by atoms with Crippen LogP contribution in [0.25, 0.3) is 0 Å². The molecule has 0 aliphatic carbocycles. The Labute approximate surface area is 167 Å². The van der Waals surface area contributed by atoms with E-state index in [0.29, 0.717) is 22.5 Å². The summed E-state index contributed by atoms with van der Waals surface area (Å²) < 4.78 is 12.2. The summed E-state index contributed by atoms with van der Waals surface area (Å²) in [5.74, 6) is 7.82. The third-order valence-corrected chi connectivity index (χ3v) is 4.84. The molecule has 9 heteroatoms. The van der Waals surface area contributed by atoms with E-state index in [4.69, 9.17) is 15.3 Å². The Bertz CT molecular complexity index is 960. The molecule has 0 unspecified atom stereocenters. The van der Waals surface area contributed by atoms with Crippen LogP contribution in [0.15, 0.2) is 53.7 Å². The highest BCUT2D eigenvalue weighted by Gasteiger charge is 2.13. The second kappa shape index (κ2) is 9.14. The molecular weight excluding hydrogens is 378 g/mol. The molecular formula is C19H21N5O3S. The summed E-state index contributed by atoms with van der Waals surface area (Å²) in [5, 5.41) is 11.4. The molecule has 0 spiro atoms. The van der Waals surface area contributed by atoms with Crippen molar-refractivity contribution in [2.24, 2.45) is 0 Å². The van der Waals surface area contributed by atoms with Crippen LogP contribution in [0, 0.1) is 6.92 Å². The van der Waals surface area contributed by atoms with Crippen LogP contribution in [0.1, 0.15) is 11.4 Å². The molecule has 3 N–H and O–H groups in total. The number of nitrogen functional groups attached to an aromatic ring is 1. The van der Waals surface area contributed by atoms with E-state index in [1.807, 2.05) is 49.4 Å². The largest absolute Gasteiger partial charge is 0.497 e. The number of carbonyl (C=O) groups excluding carboxylic acids is 1. The second-order valence-corrected chi connectivity index (χ2v) is 6.83. The molecule has 0 atom stereocenters. The van der Waals surface area contributed by atoms with Gasteiger partial charge in [-0.1, -0.05) is 36.0 Å². The number of para-hydroxylation sites is 1. The van der Waals surface area contributed by atoms with Gasteiger partial charge in [0.25, 0.3) is 0 Å². The Morgan fingerprint density at radius 2 is 1.96 bits per heavy atom. The SMILES string of the molecule is COc1cccc(OCc2nnc(SCC(=O)Nc3ccccc3C)n2N)c1. The predicted molar refractivity (Wildman–Crippen MR) is 108 cm³/mol. The molecule has 0 bridgehead atoms. The second-order valence-electron chi connectivity index (χ2n) is 5.89. The minimum atomic E-state index is -0.142. The smallest absolute Gasteiger partial charge is 0.234 e. The number of hydrogen-bond donors (Lipinski definition) is 2. The third kappa shape index (κ3) is 4.95. The normalized spacial score (nSPS) is 10.5. The van der Waals surface area contributed by atoms with Crippen LogP contribution in [0.4, 0.5) is 5.69 Å². The van der Waals surface area contributed by atoms with Crippen molar-refractivity contribution in [2.75, 3.05) is 24.0 Å². The number of aromatic nitrogens is 3. The summed E-state index contributed by atoms with van der Waals surface area (Å²) in [6.07, 6.45) is 0. The molecule has 0 radical (unpaired) electrons. The van der Waals surface area contributed by atoms with E-state index in [0.717, 1.165) is 11.3 Å². The van der Waals surface area contributed by atoms with Crippen LogP contribution in [0.2, 0.25) is 0 Å². The summed E-state index contributed by atoms with van der Waals surface area (Å²) in [6.45, 7) is 2.08. The van der Waals surface area contributed by atoms with Crippen molar-refractivity contribution in [3.05, 3.63) is 59.9 Å². The average Bonchev–Trinajstić information content (AvgIpc) is 3.06. The summed E-state index contributed by atoms with van der Waals surface area (Å²) in [4.78, 5) is 12.2. The van der Waals surface area contributed by atoms with E-state index in [-0.39, 0.29) is 18.3 Å². The number of thioether (sulfide) groups is 1. The number of ether oxygens (including phenoxy) is 2. The lowest BCUT2D eigenvalue weighted by molar-refractivity contribution is -0.113. The van der Waals surface area contributed by atoms with Gasteiger partial charge in [0.15, 0.2) is 5.82 Å². The number of rotatable bonds is 8. The topological polar surface area (TPSA) is 104 Å². The minimum absolute atomic E-state index is 0.142. The van der Waals surface area contributed by atoms with Gasteiger partial charge in [-0.3, -0.25) is 4.79 Å². The summed E-state index contributed by atoms with van der Waals surface area (Å²) in [6, 6.07) is 14.8. The maximum Gasteiger partial charge on any atom is 0.234 e. The first-order valence-electron chi connectivity index (χ1n) is 8.51. The lowest BCUT2D eigenvalue weighted by Gasteiger charge is -2.08. The third-order valence-electron chi connectivity index (χ3n) is 3.90. The molecule has 1 heterocycles. The number of methoxy groups -OCH3 is 1. The minimum Gasteiger partial charge on any atom is -0.497 e. The molecule has 0 fully saturated rings. The lowest BCUT2D eigenvalue weighted by atomic mass is 10.2. The summed E-state index contributed by atoms with van der Waals surface area (Å²) in [5.41, 5.74) is 1.79. The maximum absolute atomic E-state index is 12.2. The highest BCUT2D eigenvalue weighted by molar-refractivity contribution is 7.99. The first kappa shape index (κ1) is 19.6. The number of carbonyl (C=O) groups is 1. The lowest BCUT2D eigenvalue weighted by Crippen LogP contribution is -2.18. The van der Waals surface area contributed by atoms with E-state index >= 15 is 0 Å². The molecule has 28 heavy (non-hydrogen) atoms. The molecule has 0 saturated heterocycles. The fraction of sp³-hybridized carbons (Fsp3) is 0.211. The monoisotopic (exact) mass is 399 g/mol. The van der Waals surface area contributed by atoms with Crippen LogP contribution < -0.4 is 20.6 Å². The van der Waals surface area contributed by atoms with Crippen molar-refractivity contribution in [3.8, 4) is 11.5 Å². The average molecular weight is 399 g/mol. The fourth-order valence-corrected chi connectivity index (χ4v) is 3.05. The van der Waals surface area contributed by atoms with E-state index < -0.39 is 0 Å². The number of nitrogens with one attached hydrogen (secondary N) is 1. The molecule has 8 nitrogen and oxygen atoms in total. The van der Waals surface area contributed by atoms with Gasteiger partial charge in [-0.15, -0.1) is 10.2 Å². The number of aryl methyl sites for hydroxylation is 1. The van der Waals surface area contributed by atoms with Crippen LogP contribution >= 0.6 is 11.8 Å². The Kier molecular flexibility index (Phi) is 6.38. The zero-order valence-electron chi connectivity index (χ0n) is 15.6. The summed E-state index contributed by atoms with van der Waals surface area (Å²) in [7, 11) is 1.59. The van der Waals surface area contributed by atoms with Crippen LogP contribution in [-0.4, -0.2) is 33.6 Å². The number of amides is 1. The van der Waals surface area contributed by atoms with Crippen LogP contribution in [0.5, 0.6) is 11.5 Å². The van der Waals surface area contributed by atoms with Gasteiger partial charge in [0.2, 0.25) is 11.1 Å². The standard InChI is InChI=1S/C19H21N5O3S/c1-13-6-3-4-9-16(13)21-18(25)12-28-19-23-22-17(24(19)20)11-27-15-8-5-7-14(10-15)26-2/h3-10H,11-12,20H2,1-2H3,(H,21,25). The van der Waals surface area contributed by atoms with Crippen molar-refractivity contribution in [1.82, 2.24) is 14.9 Å². The van der Waals surface area contributed by atoms with E-state index in [1.165, 1.54) is 16.4 Å². The Hall–Kier alpha value is -3.20. The van der Waals surface area contributed by atoms with Gasteiger partial charge in [-0.2, -0.15) is 0 Å². The van der Waals surface area contributed by atoms with Gasteiger partial charge in [0, 0.05) is 11.8 Å². The predicted octanol–water partition coefficient (Wildman–Crippen LogP) is 2.62. The highest BCUT2D eigenvalue weighted by atomic mass is 32.2. The number of hydrogen-bond acceptors (Lipinski definition) is 7. The van der Waals surface area contributed by atoms with Gasteiger partial charge >= 0.3 is 0 Å². The van der Waals surface area contributed by atoms with Gasteiger partial charge < -0.3 is 20.6 Å². The Morgan fingerprint density at radius 3 is 2.75 bits per heavy atom. The number of benzene rings is 2. The van der Waals surface area contributed by atoms with Gasteiger partial charge in [0.1, 0.15) is 18.1 Å². The van der Waals surface area contributed by atoms with Crippen LogP contribution in [0.3, 0.4) is 0 Å². The molecule has 1 amide bonds. The molecule has 3 aromatic rings. The van der Waals surface area contributed by atoms with Crippen molar-refractivity contribution in [1.29, 1.82) is 0 Å². The first-order valence-corrected chi connectivity index (χ1v) is 9.50. The van der Waals surface area contributed by atoms with Gasteiger partial charge in [-0.25, -0.2) is 4.68 Å². The summed E-state index contributed by atoms with van der Waals surface area (Å²) >= 11 is 1.21. The van der Waals surface area contributed by atoms with Crippen molar-refractivity contribution in [3.63, 3.8) is 0 Å². The van der Waals surface area contributed by atoms with Gasteiger partial charge in [-0.05, 0) is 30.7 Å². The molecule has 2 aromatic carbocycles. The molecule has 0 aliphatic heterocycles. The van der Waals surface area contributed by atoms with Crippen LogP contribution in [-0.2, 0) is 11.4 Å². The van der Waals surface area contributed by atoms with E-state index in [1.54, 1.807) is 13.2 Å². The molecule has 1 aromatic heterocycles. The quantitative estimate of drug-likeness (QED) is 0.443. The van der Waals surface area contributed by atoms with Crippen molar-refractivity contribution >= 4 is 23.4 Å². The van der Waals surface area contributed by atoms with Crippen molar-refractivity contribution < 1.29 is 14.3 Å².